The molecule has 0 N–H and O–H groups in total. The Balaban J connectivity index is 3.01. The Labute approximate surface area is 136 Å². The number of carbonyl (C=O) groups excluding carboxylic acids is 2. The molecule has 0 fully saturated rings. The highest BCUT2D eigenvalue weighted by Gasteiger charge is 2.32. The molecule has 0 bridgehead atoms. The SMILES string of the molecule is CCOC(=O)C1=C(OS(C)(=O)=O)CCN(C(=O)OC(C)(C)C)C1. The first kappa shape index (κ1) is 19.3. The molecule has 0 unspecified atom stereocenters. The predicted octanol–water partition coefficient (Wildman–Crippen LogP) is 1.42. The molecule has 8 nitrogen and oxygen atoms in total. The molecule has 132 valence electrons. The van der Waals surface area contributed by atoms with Crippen LogP contribution in [-0.2, 0) is 28.6 Å². The fraction of sp³-hybridized carbons (Fsp3) is 0.714. The number of hydrogen-bond acceptors (Lipinski definition) is 7. The van der Waals surface area contributed by atoms with E-state index in [4.69, 9.17) is 13.7 Å². The van der Waals surface area contributed by atoms with E-state index in [1.165, 1.54) is 4.90 Å². The summed E-state index contributed by atoms with van der Waals surface area (Å²) >= 11 is 0. The van der Waals surface area contributed by atoms with Crippen LogP contribution in [0.15, 0.2) is 11.3 Å². The van der Waals surface area contributed by atoms with Gasteiger partial charge in [-0.3, -0.25) is 0 Å². The van der Waals surface area contributed by atoms with Crippen LogP contribution in [0.25, 0.3) is 0 Å². The van der Waals surface area contributed by atoms with Crippen LogP contribution < -0.4 is 0 Å². The molecule has 1 aliphatic rings. The normalized spacial score (nSPS) is 16.1. The van der Waals surface area contributed by atoms with Gasteiger partial charge in [0.1, 0.15) is 11.4 Å². The molecule has 0 aromatic carbocycles. The molecule has 0 spiro atoms. The summed E-state index contributed by atoms with van der Waals surface area (Å²) in [6, 6.07) is 0. The van der Waals surface area contributed by atoms with Crippen molar-refractivity contribution in [3.05, 3.63) is 11.3 Å². The van der Waals surface area contributed by atoms with Crippen molar-refractivity contribution >= 4 is 22.2 Å². The highest BCUT2D eigenvalue weighted by molar-refractivity contribution is 7.86. The van der Waals surface area contributed by atoms with Crippen LogP contribution in [0.3, 0.4) is 0 Å². The van der Waals surface area contributed by atoms with Gasteiger partial charge in [-0.15, -0.1) is 0 Å². The molecule has 0 aliphatic carbocycles. The lowest BCUT2D eigenvalue weighted by Crippen LogP contribution is -2.42. The second-order valence-corrected chi connectivity index (χ2v) is 7.64. The van der Waals surface area contributed by atoms with E-state index in [1.807, 2.05) is 0 Å². The summed E-state index contributed by atoms with van der Waals surface area (Å²) in [7, 11) is -3.77. The molecular formula is C14H23NO7S. The first-order valence-corrected chi connectivity index (χ1v) is 9.01. The van der Waals surface area contributed by atoms with E-state index in [9.17, 15) is 18.0 Å². The summed E-state index contributed by atoms with van der Waals surface area (Å²) < 4.78 is 37.6. The number of esters is 1. The molecular weight excluding hydrogens is 326 g/mol. The van der Waals surface area contributed by atoms with E-state index >= 15 is 0 Å². The number of carbonyl (C=O) groups is 2. The Morgan fingerprint density at radius 1 is 1.26 bits per heavy atom. The van der Waals surface area contributed by atoms with E-state index in [0.29, 0.717) is 0 Å². The number of hydrogen-bond donors (Lipinski definition) is 0. The van der Waals surface area contributed by atoms with Gasteiger partial charge in [-0.25, -0.2) is 9.59 Å². The minimum absolute atomic E-state index is 0.00533. The van der Waals surface area contributed by atoms with Crippen molar-refractivity contribution in [2.24, 2.45) is 0 Å². The average molecular weight is 349 g/mol. The largest absolute Gasteiger partial charge is 0.462 e. The standard InChI is InChI=1S/C14H23NO7S/c1-6-20-12(16)10-9-15(13(17)21-14(2,3)4)8-7-11(10)22-23(5,18)19/h6-9H2,1-5H3. The Kier molecular flexibility index (Phi) is 6.04. The Morgan fingerprint density at radius 2 is 1.87 bits per heavy atom. The third-order valence-corrected chi connectivity index (χ3v) is 3.22. The van der Waals surface area contributed by atoms with Crippen LogP contribution in [0.4, 0.5) is 4.79 Å². The first-order valence-electron chi connectivity index (χ1n) is 7.19. The zero-order chi connectivity index (χ0) is 17.8. The predicted molar refractivity (Wildman–Crippen MR) is 82.0 cm³/mol. The molecule has 9 heteroatoms. The fourth-order valence-electron chi connectivity index (χ4n) is 1.90. The summed E-state index contributed by atoms with van der Waals surface area (Å²) in [5.74, 6) is -0.704. The highest BCUT2D eigenvalue weighted by Crippen LogP contribution is 2.23. The fourth-order valence-corrected chi connectivity index (χ4v) is 2.45. The van der Waals surface area contributed by atoms with Crippen molar-refractivity contribution in [3.63, 3.8) is 0 Å². The molecule has 1 aliphatic heterocycles. The van der Waals surface area contributed by atoms with Crippen LogP contribution in [-0.4, -0.2) is 56.9 Å². The van der Waals surface area contributed by atoms with Crippen LogP contribution in [0.1, 0.15) is 34.1 Å². The third kappa shape index (κ3) is 6.47. The zero-order valence-electron chi connectivity index (χ0n) is 14.0. The molecule has 0 saturated carbocycles. The van der Waals surface area contributed by atoms with Gasteiger partial charge in [0, 0.05) is 13.0 Å². The first-order chi connectivity index (χ1) is 10.4. The smallest absolute Gasteiger partial charge is 0.410 e. The molecule has 23 heavy (non-hydrogen) atoms. The van der Waals surface area contributed by atoms with Crippen molar-refractivity contribution in [2.75, 3.05) is 26.0 Å². The van der Waals surface area contributed by atoms with Crippen LogP contribution in [0.2, 0.25) is 0 Å². The van der Waals surface area contributed by atoms with Gasteiger partial charge in [-0.1, -0.05) is 0 Å². The van der Waals surface area contributed by atoms with Crippen molar-refractivity contribution in [1.82, 2.24) is 4.90 Å². The second kappa shape index (κ2) is 7.20. The van der Waals surface area contributed by atoms with Gasteiger partial charge in [0.25, 0.3) is 0 Å². The van der Waals surface area contributed by atoms with Gasteiger partial charge in [0.05, 0.1) is 25.0 Å². The minimum atomic E-state index is -3.77. The number of amides is 1. The minimum Gasteiger partial charge on any atom is -0.462 e. The molecule has 0 aromatic rings. The van der Waals surface area contributed by atoms with Crippen molar-refractivity contribution in [1.29, 1.82) is 0 Å². The van der Waals surface area contributed by atoms with E-state index in [1.54, 1.807) is 27.7 Å². The Bertz CT molecular complexity index is 601. The second-order valence-electron chi connectivity index (χ2n) is 6.06. The van der Waals surface area contributed by atoms with Crippen molar-refractivity contribution in [2.45, 2.75) is 39.7 Å². The summed E-state index contributed by atoms with van der Waals surface area (Å²) in [4.78, 5) is 25.4. The van der Waals surface area contributed by atoms with E-state index in [0.717, 1.165) is 6.26 Å². The number of nitrogens with zero attached hydrogens (tertiary/aromatic N) is 1. The van der Waals surface area contributed by atoms with Gasteiger partial charge in [-0.05, 0) is 27.7 Å². The summed E-state index contributed by atoms with van der Waals surface area (Å²) in [6.45, 7) is 7.01. The summed E-state index contributed by atoms with van der Waals surface area (Å²) in [6.07, 6.45) is 0.390. The van der Waals surface area contributed by atoms with Crippen LogP contribution in [0, 0.1) is 0 Å². The van der Waals surface area contributed by atoms with Gasteiger partial charge in [0.15, 0.2) is 0 Å². The topological polar surface area (TPSA) is 99.2 Å². The quantitative estimate of drug-likeness (QED) is 0.559. The molecule has 0 aromatic heterocycles. The lowest BCUT2D eigenvalue weighted by Gasteiger charge is -2.31. The lowest BCUT2D eigenvalue weighted by molar-refractivity contribution is -0.139. The average Bonchev–Trinajstić information content (AvgIpc) is 2.35. The Morgan fingerprint density at radius 3 is 2.35 bits per heavy atom. The van der Waals surface area contributed by atoms with E-state index < -0.39 is 27.8 Å². The van der Waals surface area contributed by atoms with Crippen LogP contribution in [0.5, 0.6) is 0 Å². The van der Waals surface area contributed by atoms with Gasteiger partial charge < -0.3 is 18.6 Å². The summed E-state index contributed by atoms with van der Waals surface area (Å²) in [5.41, 5.74) is -0.664. The molecule has 0 radical (unpaired) electrons. The molecule has 1 heterocycles. The zero-order valence-corrected chi connectivity index (χ0v) is 14.9. The van der Waals surface area contributed by atoms with Gasteiger partial charge >= 0.3 is 22.2 Å². The van der Waals surface area contributed by atoms with Crippen molar-refractivity contribution in [3.8, 4) is 0 Å². The molecule has 0 atom stereocenters. The van der Waals surface area contributed by atoms with E-state index in [-0.39, 0.29) is 37.4 Å². The van der Waals surface area contributed by atoms with Gasteiger partial charge in [0.2, 0.25) is 0 Å². The monoisotopic (exact) mass is 349 g/mol. The van der Waals surface area contributed by atoms with E-state index in [2.05, 4.69) is 0 Å². The highest BCUT2D eigenvalue weighted by atomic mass is 32.2. The van der Waals surface area contributed by atoms with Crippen LogP contribution >= 0.6 is 0 Å². The maximum absolute atomic E-state index is 12.1. The Hall–Kier alpha value is -1.77. The summed E-state index contributed by atoms with van der Waals surface area (Å²) in [5, 5.41) is 0. The van der Waals surface area contributed by atoms with Crippen molar-refractivity contribution < 1.29 is 31.7 Å². The van der Waals surface area contributed by atoms with Gasteiger partial charge in [-0.2, -0.15) is 8.42 Å². The molecule has 0 saturated heterocycles. The number of rotatable bonds is 4. The number of ether oxygens (including phenoxy) is 2. The molecule has 1 amide bonds. The lowest BCUT2D eigenvalue weighted by atomic mass is 10.1. The third-order valence-electron chi connectivity index (χ3n) is 2.72. The molecule has 1 rings (SSSR count). The maximum atomic E-state index is 12.1. The maximum Gasteiger partial charge on any atom is 0.410 e.